The molecule has 0 spiro atoms. The number of nitrogens with one attached hydrogen (secondary N) is 1. The van der Waals surface area contributed by atoms with Crippen molar-refractivity contribution in [3.8, 4) is 17.2 Å². The minimum atomic E-state index is -0.223. The predicted molar refractivity (Wildman–Crippen MR) is 86.3 cm³/mol. The van der Waals surface area contributed by atoms with E-state index in [0.717, 1.165) is 4.88 Å². The van der Waals surface area contributed by atoms with Crippen LogP contribution in [-0.4, -0.2) is 27.2 Å². The van der Waals surface area contributed by atoms with Gasteiger partial charge in [0.2, 0.25) is 0 Å². The summed E-state index contributed by atoms with van der Waals surface area (Å²) >= 11 is 1.60. The molecule has 2 aromatic rings. The van der Waals surface area contributed by atoms with Crippen LogP contribution in [0.5, 0.6) is 17.2 Å². The van der Waals surface area contributed by atoms with Gasteiger partial charge in [0.15, 0.2) is 11.5 Å². The fraction of sp³-hybridized carbons (Fsp3) is 0.312. The Labute approximate surface area is 133 Å². The van der Waals surface area contributed by atoms with Gasteiger partial charge in [-0.05, 0) is 18.4 Å². The Morgan fingerprint density at radius 2 is 1.73 bits per heavy atom. The highest BCUT2D eigenvalue weighted by Crippen LogP contribution is 2.34. The monoisotopic (exact) mass is 321 g/mol. The molecule has 118 valence electrons. The van der Waals surface area contributed by atoms with Crippen molar-refractivity contribution in [2.24, 2.45) is 0 Å². The van der Waals surface area contributed by atoms with Crippen molar-refractivity contribution < 1.29 is 19.0 Å². The maximum Gasteiger partial charge on any atom is 0.255 e. The maximum absolute atomic E-state index is 12.5. The fourth-order valence-electron chi connectivity index (χ4n) is 2.09. The molecule has 1 aromatic heterocycles. The van der Waals surface area contributed by atoms with E-state index in [9.17, 15) is 4.79 Å². The number of thiophene rings is 1. The number of amides is 1. The third kappa shape index (κ3) is 3.33. The summed E-state index contributed by atoms with van der Waals surface area (Å²) in [5.74, 6) is 1.21. The van der Waals surface area contributed by atoms with Crippen LogP contribution in [0, 0.1) is 0 Å². The van der Waals surface area contributed by atoms with Gasteiger partial charge in [-0.1, -0.05) is 6.07 Å². The minimum Gasteiger partial charge on any atom is -0.496 e. The number of carbonyl (C=O) groups is 1. The van der Waals surface area contributed by atoms with Crippen LogP contribution >= 0.6 is 11.3 Å². The summed E-state index contributed by atoms with van der Waals surface area (Å²) in [6.07, 6.45) is 0. The summed E-state index contributed by atoms with van der Waals surface area (Å²) in [7, 11) is 4.58. The van der Waals surface area contributed by atoms with E-state index in [1.54, 1.807) is 23.5 Å². The van der Waals surface area contributed by atoms with E-state index in [-0.39, 0.29) is 11.9 Å². The predicted octanol–water partition coefficient (Wildman–Crippen LogP) is 3.26. The molecular formula is C16H19NO4S. The van der Waals surface area contributed by atoms with Crippen LogP contribution < -0.4 is 19.5 Å². The van der Waals surface area contributed by atoms with Gasteiger partial charge >= 0.3 is 0 Å². The fourth-order valence-corrected chi connectivity index (χ4v) is 2.82. The van der Waals surface area contributed by atoms with Crippen LogP contribution in [0.25, 0.3) is 0 Å². The molecule has 1 atom stereocenters. The van der Waals surface area contributed by atoms with Gasteiger partial charge in [0, 0.05) is 17.0 Å². The van der Waals surface area contributed by atoms with Gasteiger partial charge in [0.05, 0.1) is 32.9 Å². The molecule has 0 aliphatic rings. The highest BCUT2D eigenvalue weighted by atomic mass is 32.1. The summed E-state index contributed by atoms with van der Waals surface area (Å²) < 4.78 is 15.8. The first-order valence-electron chi connectivity index (χ1n) is 6.75. The molecule has 0 bridgehead atoms. The average Bonchev–Trinajstić information content (AvgIpc) is 3.07. The lowest BCUT2D eigenvalue weighted by Gasteiger charge is -2.16. The molecule has 0 saturated heterocycles. The van der Waals surface area contributed by atoms with Crippen molar-refractivity contribution in [2.45, 2.75) is 13.0 Å². The van der Waals surface area contributed by atoms with E-state index in [1.807, 2.05) is 24.4 Å². The first-order valence-corrected chi connectivity index (χ1v) is 7.63. The molecule has 22 heavy (non-hydrogen) atoms. The first kappa shape index (κ1) is 16.2. The SMILES string of the molecule is COc1cc(OC)c(C(=O)N[C@H](C)c2cccs2)cc1OC. The van der Waals surface area contributed by atoms with Crippen molar-refractivity contribution in [3.63, 3.8) is 0 Å². The summed E-state index contributed by atoms with van der Waals surface area (Å²) in [5.41, 5.74) is 0.406. The van der Waals surface area contributed by atoms with E-state index >= 15 is 0 Å². The zero-order valence-corrected chi connectivity index (χ0v) is 13.8. The van der Waals surface area contributed by atoms with Crippen molar-refractivity contribution in [1.82, 2.24) is 5.32 Å². The highest BCUT2D eigenvalue weighted by Gasteiger charge is 2.19. The standard InChI is InChI=1S/C16H19NO4S/c1-10(15-6-5-7-22-15)17-16(18)11-8-13(20-3)14(21-4)9-12(11)19-2/h5-10H,1-4H3,(H,17,18)/t10-/m1/s1. The third-order valence-electron chi connectivity index (χ3n) is 3.27. The number of ether oxygens (including phenoxy) is 3. The zero-order valence-electron chi connectivity index (χ0n) is 13.0. The van der Waals surface area contributed by atoms with E-state index in [0.29, 0.717) is 22.8 Å². The highest BCUT2D eigenvalue weighted by molar-refractivity contribution is 7.10. The Morgan fingerprint density at radius 3 is 2.27 bits per heavy atom. The van der Waals surface area contributed by atoms with Crippen LogP contribution in [0.2, 0.25) is 0 Å². The van der Waals surface area contributed by atoms with Crippen molar-refractivity contribution >= 4 is 17.2 Å². The molecule has 0 unspecified atom stereocenters. The molecule has 1 N–H and O–H groups in total. The van der Waals surface area contributed by atoms with Crippen LogP contribution in [0.1, 0.15) is 28.2 Å². The third-order valence-corrected chi connectivity index (χ3v) is 4.32. The Hall–Kier alpha value is -2.21. The summed E-state index contributed by atoms with van der Waals surface area (Å²) in [6.45, 7) is 1.94. The molecule has 5 nitrogen and oxygen atoms in total. The zero-order chi connectivity index (χ0) is 16.1. The Balaban J connectivity index is 2.28. The molecule has 0 saturated carbocycles. The van der Waals surface area contributed by atoms with E-state index in [2.05, 4.69) is 5.32 Å². The van der Waals surface area contributed by atoms with Gasteiger partial charge in [-0.3, -0.25) is 4.79 Å². The van der Waals surface area contributed by atoms with Gasteiger partial charge in [-0.2, -0.15) is 0 Å². The van der Waals surface area contributed by atoms with Crippen LogP contribution in [0.4, 0.5) is 0 Å². The molecule has 1 amide bonds. The number of rotatable bonds is 6. The average molecular weight is 321 g/mol. The second-order valence-electron chi connectivity index (χ2n) is 4.62. The molecule has 0 radical (unpaired) electrons. The van der Waals surface area contributed by atoms with Gasteiger partial charge in [0.1, 0.15) is 5.75 Å². The molecule has 1 heterocycles. The van der Waals surface area contributed by atoms with Crippen LogP contribution in [0.15, 0.2) is 29.6 Å². The number of carbonyl (C=O) groups excluding carboxylic acids is 1. The Bertz CT molecular complexity index is 640. The number of hydrogen-bond acceptors (Lipinski definition) is 5. The quantitative estimate of drug-likeness (QED) is 0.887. The molecule has 0 aliphatic heterocycles. The molecule has 1 aromatic carbocycles. The van der Waals surface area contributed by atoms with Gasteiger partial charge in [0.25, 0.3) is 5.91 Å². The minimum absolute atomic E-state index is 0.0784. The Kier molecular flexibility index (Phi) is 5.27. The summed E-state index contributed by atoms with van der Waals surface area (Å²) in [6, 6.07) is 7.13. The first-order chi connectivity index (χ1) is 10.6. The topological polar surface area (TPSA) is 56.8 Å². The number of benzene rings is 1. The molecule has 0 fully saturated rings. The molecule has 2 rings (SSSR count). The summed E-state index contributed by atoms with van der Waals surface area (Å²) in [5, 5.41) is 4.94. The van der Waals surface area contributed by atoms with Crippen LogP contribution in [-0.2, 0) is 0 Å². The molecule has 0 aliphatic carbocycles. The van der Waals surface area contributed by atoms with Crippen LogP contribution in [0.3, 0.4) is 0 Å². The lowest BCUT2D eigenvalue weighted by atomic mass is 10.1. The summed E-state index contributed by atoms with van der Waals surface area (Å²) in [4.78, 5) is 13.6. The van der Waals surface area contributed by atoms with Crippen molar-refractivity contribution in [2.75, 3.05) is 21.3 Å². The number of methoxy groups -OCH3 is 3. The van der Waals surface area contributed by atoms with Gasteiger partial charge in [-0.15, -0.1) is 11.3 Å². The van der Waals surface area contributed by atoms with E-state index in [4.69, 9.17) is 14.2 Å². The van der Waals surface area contributed by atoms with Crippen molar-refractivity contribution in [3.05, 3.63) is 40.1 Å². The second kappa shape index (κ2) is 7.17. The van der Waals surface area contributed by atoms with E-state index in [1.165, 1.54) is 21.3 Å². The smallest absolute Gasteiger partial charge is 0.255 e. The lowest BCUT2D eigenvalue weighted by Crippen LogP contribution is -2.26. The Morgan fingerprint density at radius 1 is 1.09 bits per heavy atom. The van der Waals surface area contributed by atoms with Gasteiger partial charge in [-0.25, -0.2) is 0 Å². The second-order valence-corrected chi connectivity index (χ2v) is 5.60. The molecular weight excluding hydrogens is 302 g/mol. The lowest BCUT2D eigenvalue weighted by molar-refractivity contribution is 0.0937. The normalized spacial score (nSPS) is 11.6. The van der Waals surface area contributed by atoms with Crippen molar-refractivity contribution in [1.29, 1.82) is 0 Å². The van der Waals surface area contributed by atoms with E-state index < -0.39 is 0 Å². The number of hydrogen-bond donors (Lipinski definition) is 1. The maximum atomic E-state index is 12.5. The molecule has 6 heteroatoms. The largest absolute Gasteiger partial charge is 0.496 e. The van der Waals surface area contributed by atoms with Gasteiger partial charge < -0.3 is 19.5 Å².